The molecule has 0 radical (unpaired) electrons. The molecule has 3 rings (SSSR count). The van der Waals surface area contributed by atoms with Crippen LogP contribution < -0.4 is 14.8 Å². The monoisotopic (exact) mass is 365 g/mol. The fourth-order valence-electron chi connectivity index (χ4n) is 2.57. The average molecular weight is 366 g/mol. The van der Waals surface area contributed by atoms with Crippen molar-refractivity contribution in [2.45, 2.75) is 19.4 Å². The van der Waals surface area contributed by atoms with Gasteiger partial charge in [0.2, 0.25) is 5.91 Å². The molecule has 1 heterocycles. The maximum Gasteiger partial charge on any atom is 0.225 e. The Morgan fingerprint density at radius 1 is 1.12 bits per heavy atom. The van der Waals surface area contributed by atoms with E-state index >= 15 is 0 Å². The third kappa shape index (κ3) is 3.77. The Kier molecular flexibility index (Phi) is 5.17. The van der Waals surface area contributed by atoms with E-state index in [0.29, 0.717) is 34.6 Å². The molecular weight excluding hydrogens is 349 g/mol. The number of fused-ring (bicyclic) bond motifs is 1. The van der Waals surface area contributed by atoms with Gasteiger partial charge in [0.05, 0.1) is 12.5 Å². The standard InChI is InChI=1S/C18H17Cl2NO3/c1-11(12-5-6-16-17(9-12)24-8-7-23-16)21-18(22)10-13-14(19)3-2-4-15(13)20/h2-6,9,11H,7-8,10H2,1H3,(H,21,22)/t11-/m1/s1. The van der Waals surface area contributed by atoms with Crippen LogP contribution in [0.5, 0.6) is 11.5 Å². The molecule has 1 aliphatic rings. The fourth-order valence-corrected chi connectivity index (χ4v) is 3.10. The van der Waals surface area contributed by atoms with Crippen LogP contribution in [-0.2, 0) is 11.2 Å². The van der Waals surface area contributed by atoms with Gasteiger partial charge >= 0.3 is 0 Å². The molecule has 1 amide bonds. The van der Waals surface area contributed by atoms with E-state index in [4.69, 9.17) is 32.7 Å². The van der Waals surface area contributed by atoms with E-state index in [9.17, 15) is 4.79 Å². The SMILES string of the molecule is C[C@@H](NC(=O)Cc1c(Cl)cccc1Cl)c1ccc2c(c1)OCCO2. The second kappa shape index (κ2) is 7.32. The van der Waals surface area contributed by atoms with Crippen LogP contribution in [0.2, 0.25) is 10.0 Å². The van der Waals surface area contributed by atoms with E-state index in [0.717, 1.165) is 11.3 Å². The lowest BCUT2D eigenvalue weighted by Crippen LogP contribution is -2.28. The second-order valence-electron chi connectivity index (χ2n) is 5.57. The van der Waals surface area contributed by atoms with Crippen LogP contribution in [0.25, 0.3) is 0 Å². The first-order valence-corrected chi connectivity index (χ1v) is 8.42. The Bertz CT molecular complexity index is 744. The number of halogens is 2. The molecule has 2 aromatic rings. The number of nitrogens with one attached hydrogen (secondary N) is 1. The zero-order valence-electron chi connectivity index (χ0n) is 13.1. The van der Waals surface area contributed by atoms with Crippen molar-refractivity contribution in [1.29, 1.82) is 0 Å². The Balaban J connectivity index is 1.68. The topological polar surface area (TPSA) is 47.6 Å². The third-order valence-electron chi connectivity index (χ3n) is 3.84. The molecule has 0 spiro atoms. The van der Waals surface area contributed by atoms with E-state index < -0.39 is 0 Å². The minimum atomic E-state index is -0.172. The largest absolute Gasteiger partial charge is 0.486 e. The van der Waals surface area contributed by atoms with Gasteiger partial charge in [-0.1, -0.05) is 35.3 Å². The minimum Gasteiger partial charge on any atom is -0.486 e. The summed E-state index contributed by atoms with van der Waals surface area (Å²) in [6.45, 7) is 3.00. The summed E-state index contributed by atoms with van der Waals surface area (Å²) in [6, 6.07) is 10.7. The molecule has 0 unspecified atom stereocenters. The lowest BCUT2D eigenvalue weighted by atomic mass is 10.1. The molecule has 0 aliphatic carbocycles. The number of hydrogen-bond donors (Lipinski definition) is 1. The molecule has 1 N–H and O–H groups in total. The predicted molar refractivity (Wildman–Crippen MR) is 94.2 cm³/mol. The lowest BCUT2D eigenvalue weighted by Gasteiger charge is -2.21. The van der Waals surface area contributed by atoms with E-state index in [2.05, 4.69) is 5.32 Å². The van der Waals surface area contributed by atoms with Gasteiger partial charge in [0, 0.05) is 10.0 Å². The summed E-state index contributed by atoms with van der Waals surface area (Å²) < 4.78 is 11.1. The van der Waals surface area contributed by atoms with Crippen molar-refractivity contribution in [2.24, 2.45) is 0 Å². The number of benzene rings is 2. The maximum atomic E-state index is 12.3. The van der Waals surface area contributed by atoms with Crippen LogP contribution in [0.1, 0.15) is 24.1 Å². The summed E-state index contributed by atoms with van der Waals surface area (Å²) in [5.41, 5.74) is 1.57. The smallest absolute Gasteiger partial charge is 0.225 e. The first-order valence-electron chi connectivity index (χ1n) is 7.66. The number of hydrogen-bond acceptors (Lipinski definition) is 3. The van der Waals surface area contributed by atoms with Crippen molar-refractivity contribution < 1.29 is 14.3 Å². The van der Waals surface area contributed by atoms with Gasteiger partial charge in [0.1, 0.15) is 13.2 Å². The molecular formula is C18H17Cl2NO3. The summed E-state index contributed by atoms with van der Waals surface area (Å²) in [6.07, 6.45) is 0.132. The number of carbonyl (C=O) groups is 1. The van der Waals surface area contributed by atoms with Crippen molar-refractivity contribution in [3.63, 3.8) is 0 Å². The Labute approximate surface area is 150 Å². The van der Waals surface area contributed by atoms with Crippen molar-refractivity contribution >= 4 is 29.1 Å². The Morgan fingerprint density at radius 3 is 2.50 bits per heavy atom. The first-order chi connectivity index (χ1) is 11.5. The molecule has 2 aromatic carbocycles. The molecule has 6 heteroatoms. The summed E-state index contributed by atoms with van der Waals surface area (Å²) in [5.74, 6) is 1.28. The normalized spacial score (nSPS) is 14.1. The van der Waals surface area contributed by atoms with Gasteiger partial charge in [-0.05, 0) is 42.3 Å². The number of ether oxygens (including phenoxy) is 2. The summed E-state index contributed by atoms with van der Waals surface area (Å²) in [5, 5.41) is 3.93. The molecule has 24 heavy (non-hydrogen) atoms. The van der Waals surface area contributed by atoms with Gasteiger partial charge in [-0.3, -0.25) is 4.79 Å². The average Bonchev–Trinajstić information content (AvgIpc) is 2.58. The summed E-state index contributed by atoms with van der Waals surface area (Å²) in [4.78, 5) is 12.3. The molecule has 0 aromatic heterocycles. The zero-order chi connectivity index (χ0) is 17.1. The van der Waals surface area contributed by atoms with Gasteiger partial charge in [0.25, 0.3) is 0 Å². The zero-order valence-corrected chi connectivity index (χ0v) is 14.7. The van der Waals surface area contributed by atoms with E-state index in [1.807, 2.05) is 25.1 Å². The molecule has 0 saturated carbocycles. The van der Waals surface area contributed by atoms with Crippen LogP contribution in [-0.4, -0.2) is 19.1 Å². The molecule has 126 valence electrons. The van der Waals surface area contributed by atoms with Crippen molar-refractivity contribution in [3.05, 3.63) is 57.6 Å². The van der Waals surface area contributed by atoms with Crippen LogP contribution in [0, 0.1) is 0 Å². The van der Waals surface area contributed by atoms with Gasteiger partial charge < -0.3 is 14.8 Å². The highest BCUT2D eigenvalue weighted by Crippen LogP contribution is 2.32. The number of rotatable bonds is 4. The van der Waals surface area contributed by atoms with Crippen molar-refractivity contribution in [1.82, 2.24) is 5.32 Å². The Hall–Kier alpha value is -1.91. The molecule has 0 saturated heterocycles. The first kappa shape index (κ1) is 16.9. The number of carbonyl (C=O) groups excluding carboxylic acids is 1. The summed E-state index contributed by atoms with van der Waals surface area (Å²) >= 11 is 12.2. The van der Waals surface area contributed by atoms with Crippen LogP contribution >= 0.6 is 23.2 Å². The van der Waals surface area contributed by atoms with Gasteiger partial charge in [-0.25, -0.2) is 0 Å². The predicted octanol–water partition coefficient (Wildman–Crippen LogP) is 4.18. The highest BCUT2D eigenvalue weighted by atomic mass is 35.5. The molecule has 1 atom stereocenters. The van der Waals surface area contributed by atoms with E-state index in [-0.39, 0.29) is 18.4 Å². The summed E-state index contributed by atoms with van der Waals surface area (Å²) in [7, 11) is 0. The minimum absolute atomic E-state index is 0.132. The van der Waals surface area contributed by atoms with Crippen LogP contribution in [0.4, 0.5) is 0 Å². The highest BCUT2D eigenvalue weighted by molar-refractivity contribution is 6.36. The number of amides is 1. The highest BCUT2D eigenvalue weighted by Gasteiger charge is 2.17. The van der Waals surface area contributed by atoms with E-state index in [1.165, 1.54) is 0 Å². The maximum absolute atomic E-state index is 12.3. The molecule has 0 fully saturated rings. The van der Waals surface area contributed by atoms with E-state index in [1.54, 1.807) is 18.2 Å². The fraction of sp³-hybridized carbons (Fsp3) is 0.278. The van der Waals surface area contributed by atoms with Gasteiger partial charge in [0.15, 0.2) is 11.5 Å². The third-order valence-corrected chi connectivity index (χ3v) is 4.55. The van der Waals surface area contributed by atoms with Gasteiger partial charge in [-0.15, -0.1) is 0 Å². The van der Waals surface area contributed by atoms with Gasteiger partial charge in [-0.2, -0.15) is 0 Å². The molecule has 0 bridgehead atoms. The van der Waals surface area contributed by atoms with Crippen LogP contribution in [0.15, 0.2) is 36.4 Å². The quantitative estimate of drug-likeness (QED) is 0.883. The lowest BCUT2D eigenvalue weighted by molar-refractivity contribution is -0.121. The van der Waals surface area contributed by atoms with Crippen molar-refractivity contribution in [3.8, 4) is 11.5 Å². The molecule has 4 nitrogen and oxygen atoms in total. The molecule has 1 aliphatic heterocycles. The second-order valence-corrected chi connectivity index (χ2v) is 6.38. The van der Waals surface area contributed by atoms with Crippen molar-refractivity contribution in [2.75, 3.05) is 13.2 Å². The Morgan fingerprint density at radius 2 is 1.79 bits per heavy atom. The van der Waals surface area contributed by atoms with Crippen LogP contribution in [0.3, 0.4) is 0 Å².